The molecule has 0 bridgehead atoms. The molecule has 0 aliphatic rings. The molecule has 0 unspecified atom stereocenters. The van der Waals surface area contributed by atoms with Crippen molar-refractivity contribution < 1.29 is 12.6 Å². The largest absolute Gasteiger partial charge is 0.296 e. The van der Waals surface area contributed by atoms with Crippen LogP contribution in [0.1, 0.15) is 32.1 Å². The fourth-order valence-corrected chi connectivity index (χ4v) is 2.95. The van der Waals surface area contributed by atoms with Gasteiger partial charge in [0.05, 0.1) is 18.0 Å². The maximum atomic E-state index is 11.8. The molecular formula is C13H18INO4S. The monoisotopic (exact) mass is 411 g/mol. The Morgan fingerprint density at radius 1 is 1.00 bits per heavy atom. The Bertz CT molecular complexity index is 502. The standard InChI is InChI=1S/C13H18INO4S/c14-12-6-8-13(9-7-12)20(17,18)19-11-5-3-1-2-4-10-15-16/h6-9H,1-5,10-11H2. The van der Waals surface area contributed by atoms with Crippen LogP contribution in [0, 0.1) is 8.48 Å². The summed E-state index contributed by atoms with van der Waals surface area (Å²) in [6, 6.07) is 6.56. The summed E-state index contributed by atoms with van der Waals surface area (Å²) < 4.78 is 29.7. The summed E-state index contributed by atoms with van der Waals surface area (Å²) in [5, 5.41) is 2.79. The smallest absolute Gasteiger partial charge is 0.266 e. The van der Waals surface area contributed by atoms with E-state index >= 15 is 0 Å². The van der Waals surface area contributed by atoms with Gasteiger partial charge >= 0.3 is 0 Å². The van der Waals surface area contributed by atoms with Crippen molar-refractivity contribution in [1.82, 2.24) is 0 Å². The molecule has 0 aromatic heterocycles. The Balaban J connectivity index is 2.23. The third-order valence-corrected chi connectivity index (χ3v) is 4.78. The number of nitroso groups, excluding NO2 is 1. The Kier molecular flexibility index (Phi) is 8.24. The van der Waals surface area contributed by atoms with Gasteiger partial charge in [-0.2, -0.15) is 13.3 Å². The Labute approximate surface area is 133 Å². The molecule has 112 valence electrons. The van der Waals surface area contributed by atoms with Crippen LogP contribution in [0.5, 0.6) is 0 Å². The minimum absolute atomic E-state index is 0.190. The van der Waals surface area contributed by atoms with Crippen molar-refractivity contribution in [2.45, 2.75) is 37.0 Å². The zero-order chi connectivity index (χ0) is 14.8. The van der Waals surface area contributed by atoms with Crippen LogP contribution >= 0.6 is 22.6 Å². The average Bonchev–Trinajstić information content (AvgIpc) is 2.42. The van der Waals surface area contributed by atoms with E-state index in [-0.39, 0.29) is 11.5 Å². The summed E-state index contributed by atoms with van der Waals surface area (Å²) in [6.07, 6.45) is 4.28. The zero-order valence-electron chi connectivity index (χ0n) is 11.1. The molecular weight excluding hydrogens is 393 g/mol. The number of nitrogens with zero attached hydrogens (tertiary/aromatic N) is 1. The van der Waals surface area contributed by atoms with Gasteiger partial charge in [-0.3, -0.25) is 4.18 Å². The summed E-state index contributed by atoms with van der Waals surface area (Å²) >= 11 is 2.12. The first-order chi connectivity index (χ1) is 9.56. The highest BCUT2D eigenvalue weighted by molar-refractivity contribution is 14.1. The molecule has 0 saturated carbocycles. The van der Waals surface area contributed by atoms with E-state index in [2.05, 4.69) is 27.8 Å². The zero-order valence-corrected chi connectivity index (χ0v) is 14.1. The van der Waals surface area contributed by atoms with Crippen LogP contribution in [0.4, 0.5) is 0 Å². The van der Waals surface area contributed by atoms with Crippen molar-refractivity contribution in [2.24, 2.45) is 5.18 Å². The molecule has 20 heavy (non-hydrogen) atoms. The second kappa shape index (κ2) is 9.41. The normalized spacial score (nSPS) is 11.4. The SMILES string of the molecule is O=NCCCCCCCOS(=O)(=O)c1ccc(I)cc1. The fourth-order valence-electron chi connectivity index (χ4n) is 1.65. The number of hydrogen-bond acceptors (Lipinski definition) is 5. The van der Waals surface area contributed by atoms with E-state index in [1.807, 2.05) is 0 Å². The van der Waals surface area contributed by atoms with Crippen molar-refractivity contribution in [3.63, 3.8) is 0 Å². The molecule has 0 fully saturated rings. The van der Waals surface area contributed by atoms with E-state index in [0.717, 1.165) is 29.3 Å². The first-order valence-corrected chi connectivity index (χ1v) is 8.99. The van der Waals surface area contributed by atoms with Gasteiger partial charge in [0.1, 0.15) is 0 Å². The highest BCUT2D eigenvalue weighted by atomic mass is 127. The molecule has 0 radical (unpaired) electrons. The van der Waals surface area contributed by atoms with Crippen molar-refractivity contribution in [3.05, 3.63) is 32.7 Å². The lowest BCUT2D eigenvalue weighted by Crippen LogP contribution is -2.07. The van der Waals surface area contributed by atoms with Gasteiger partial charge < -0.3 is 0 Å². The minimum atomic E-state index is -3.64. The molecule has 0 aliphatic heterocycles. The van der Waals surface area contributed by atoms with Crippen molar-refractivity contribution >= 4 is 32.7 Å². The molecule has 0 spiro atoms. The predicted molar refractivity (Wildman–Crippen MR) is 86.0 cm³/mol. The molecule has 0 amide bonds. The lowest BCUT2D eigenvalue weighted by molar-refractivity contribution is 0.306. The summed E-state index contributed by atoms with van der Waals surface area (Å²) in [5.74, 6) is 0. The molecule has 0 saturated heterocycles. The lowest BCUT2D eigenvalue weighted by atomic mass is 10.1. The van der Waals surface area contributed by atoms with Gasteiger partial charge in [-0.15, -0.1) is 0 Å². The van der Waals surface area contributed by atoms with E-state index in [9.17, 15) is 13.3 Å². The van der Waals surface area contributed by atoms with E-state index < -0.39 is 10.1 Å². The second-order valence-electron chi connectivity index (χ2n) is 4.35. The van der Waals surface area contributed by atoms with Crippen LogP contribution in [-0.4, -0.2) is 21.6 Å². The van der Waals surface area contributed by atoms with E-state index in [0.29, 0.717) is 13.0 Å². The highest BCUT2D eigenvalue weighted by Crippen LogP contribution is 2.15. The second-order valence-corrected chi connectivity index (χ2v) is 7.21. The summed E-state index contributed by atoms with van der Waals surface area (Å²) in [7, 11) is -3.64. The Morgan fingerprint density at radius 2 is 1.60 bits per heavy atom. The first-order valence-electron chi connectivity index (χ1n) is 6.50. The van der Waals surface area contributed by atoms with E-state index in [1.54, 1.807) is 24.3 Å². The number of benzene rings is 1. The quantitative estimate of drug-likeness (QED) is 0.255. The maximum Gasteiger partial charge on any atom is 0.296 e. The number of rotatable bonds is 10. The molecule has 0 atom stereocenters. The molecule has 0 N–H and O–H groups in total. The van der Waals surface area contributed by atoms with Gasteiger partial charge in [0, 0.05) is 3.57 Å². The molecule has 0 heterocycles. The summed E-state index contributed by atoms with van der Waals surface area (Å²) in [5.41, 5.74) is 0. The highest BCUT2D eigenvalue weighted by Gasteiger charge is 2.14. The molecule has 1 aromatic carbocycles. The van der Waals surface area contributed by atoms with Crippen molar-refractivity contribution in [3.8, 4) is 0 Å². The number of halogens is 1. The first kappa shape index (κ1) is 17.5. The molecule has 1 rings (SSSR count). The van der Waals surface area contributed by atoms with Gasteiger partial charge in [0.25, 0.3) is 10.1 Å². The minimum Gasteiger partial charge on any atom is -0.266 e. The number of unbranched alkanes of at least 4 members (excludes halogenated alkanes) is 4. The van der Waals surface area contributed by atoms with Gasteiger partial charge in [0.15, 0.2) is 0 Å². The topological polar surface area (TPSA) is 72.8 Å². The van der Waals surface area contributed by atoms with Gasteiger partial charge in [-0.25, -0.2) is 0 Å². The third-order valence-electron chi connectivity index (χ3n) is 2.73. The molecule has 1 aromatic rings. The summed E-state index contributed by atoms with van der Waals surface area (Å²) in [6.45, 7) is 0.554. The van der Waals surface area contributed by atoms with Crippen molar-refractivity contribution in [2.75, 3.05) is 13.2 Å². The van der Waals surface area contributed by atoms with Crippen molar-refractivity contribution in [1.29, 1.82) is 0 Å². The van der Waals surface area contributed by atoms with Crippen LogP contribution in [0.15, 0.2) is 34.3 Å². The van der Waals surface area contributed by atoms with Gasteiger partial charge in [0.2, 0.25) is 0 Å². The van der Waals surface area contributed by atoms with Crippen LogP contribution in [0.2, 0.25) is 0 Å². The predicted octanol–water partition coefficient (Wildman–Crippen LogP) is 3.71. The van der Waals surface area contributed by atoms with Crippen LogP contribution in [-0.2, 0) is 14.3 Å². The van der Waals surface area contributed by atoms with Crippen LogP contribution in [0.3, 0.4) is 0 Å². The number of hydrogen-bond donors (Lipinski definition) is 0. The summed E-state index contributed by atoms with van der Waals surface area (Å²) in [4.78, 5) is 10.1. The lowest BCUT2D eigenvalue weighted by Gasteiger charge is -2.05. The third kappa shape index (κ3) is 6.76. The van der Waals surface area contributed by atoms with Crippen LogP contribution in [0.25, 0.3) is 0 Å². The maximum absolute atomic E-state index is 11.8. The van der Waals surface area contributed by atoms with Crippen LogP contribution < -0.4 is 0 Å². The van der Waals surface area contributed by atoms with Gasteiger partial charge in [-0.05, 0) is 59.7 Å². The van der Waals surface area contributed by atoms with E-state index in [1.165, 1.54) is 0 Å². The Hall–Kier alpha value is -0.540. The average molecular weight is 411 g/mol. The fraction of sp³-hybridized carbons (Fsp3) is 0.538. The molecule has 5 nitrogen and oxygen atoms in total. The molecule has 7 heteroatoms. The van der Waals surface area contributed by atoms with Gasteiger partial charge in [-0.1, -0.05) is 24.4 Å². The Morgan fingerprint density at radius 3 is 2.25 bits per heavy atom. The molecule has 0 aliphatic carbocycles. The van der Waals surface area contributed by atoms with E-state index in [4.69, 9.17) is 4.18 Å².